The Bertz CT molecular complexity index is 502. The summed E-state index contributed by atoms with van der Waals surface area (Å²) in [4.78, 5) is 0. The van der Waals surface area contributed by atoms with Crippen LogP contribution in [0.3, 0.4) is 0 Å². The molecule has 1 unspecified atom stereocenters. The van der Waals surface area contributed by atoms with Crippen molar-refractivity contribution in [2.45, 2.75) is 13.0 Å². The molecule has 0 saturated heterocycles. The number of hydrogen-bond donors (Lipinski definition) is 1. The van der Waals surface area contributed by atoms with Crippen molar-refractivity contribution in [3.8, 4) is 0 Å². The maximum Gasteiger partial charge on any atom is 0.134 e. The van der Waals surface area contributed by atoms with Gasteiger partial charge in [0, 0.05) is 23.3 Å². The smallest absolute Gasteiger partial charge is 0.134 e. The predicted molar refractivity (Wildman–Crippen MR) is 60.5 cm³/mol. The van der Waals surface area contributed by atoms with Gasteiger partial charge in [0.15, 0.2) is 0 Å². The van der Waals surface area contributed by atoms with Gasteiger partial charge in [0.1, 0.15) is 17.5 Å². The Hall–Kier alpha value is -1.75. The first-order valence-electron chi connectivity index (χ1n) is 5.53. The minimum absolute atomic E-state index is 0.209. The molecule has 1 atom stereocenters. The van der Waals surface area contributed by atoms with Crippen molar-refractivity contribution in [2.24, 2.45) is 0 Å². The lowest BCUT2D eigenvalue weighted by Crippen LogP contribution is -2.23. The van der Waals surface area contributed by atoms with Gasteiger partial charge in [-0.15, -0.1) is 0 Å². The van der Waals surface area contributed by atoms with Crippen LogP contribution in [0.2, 0.25) is 0 Å². The van der Waals surface area contributed by atoms with Gasteiger partial charge in [-0.25, -0.2) is 13.2 Å². The van der Waals surface area contributed by atoms with Crippen LogP contribution in [-0.2, 0) is 0 Å². The molecule has 0 aliphatic carbocycles. The molecular weight excluding hydrogens is 243 g/mol. The second-order valence-corrected chi connectivity index (χ2v) is 3.83. The van der Waals surface area contributed by atoms with E-state index in [0.29, 0.717) is 24.2 Å². The van der Waals surface area contributed by atoms with Gasteiger partial charge >= 0.3 is 0 Å². The maximum atomic E-state index is 13.7. The maximum absolute atomic E-state index is 13.7. The highest BCUT2D eigenvalue weighted by molar-refractivity contribution is 5.32. The molecule has 0 saturated carbocycles. The van der Waals surface area contributed by atoms with E-state index in [1.54, 1.807) is 6.07 Å². The van der Waals surface area contributed by atoms with Crippen molar-refractivity contribution in [1.82, 2.24) is 5.32 Å². The molecule has 18 heavy (non-hydrogen) atoms. The zero-order chi connectivity index (χ0) is 13.1. The highest BCUT2D eigenvalue weighted by Crippen LogP contribution is 2.27. The Labute approximate surface area is 102 Å². The van der Waals surface area contributed by atoms with E-state index >= 15 is 0 Å². The Morgan fingerprint density at radius 1 is 1.22 bits per heavy atom. The SMILES string of the molecule is CCNC(c1ccoc1)c1c(F)cc(F)cc1F. The lowest BCUT2D eigenvalue weighted by atomic mass is 10.00. The van der Waals surface area contributed by atoms with E-state index < -0.39 is 23.5 Å². The summed E-state index contributed by atoms with van der Waals surface area (Å²) in [6.07, 6.45) is 2.81. The Kier molecular flexibility index (Phi) is 3.72. The van der Waals surface area contributed by atoms with Crippen molar-refractivity contribution >= 4 is 0 Å². The normalized spacial score (nSPS) is 12.7. The molecule has 0 bridgehead atoms. The molecule has 1 aromatic heterocycles. The van der Waals surface area contributed by atoms with Gasteiger partial charge in [-0.05, 0) is 12.6 Å². The summed E-state index contributed by atoms with van der Waals surface area (Å²) in [6.45, 7) is 2.32. The molecule has 2 rings (SSSR count). The first kappa shape index (κ1) is 12.7. The molecule has 0 aliphatic heterocycles. The van der Waals surface area contributed by atoms with Crippen LogP contribution in [0.4, 0.5) is 13.2 Å². The highest BCUT2D eigenvalue weighted by atomic mass is 19.1. The molecule has 1 aromatic carbocycles. The molecule has 1 N–H and O–H groups in total. The summed E-state index contributed by atoms with van der Waals surface area (Å²) in [6, 6.07) is 2.25. The largest absolute Gasteiger partial charge is 0.472 e. The first-order chi connectivity index (χ1) is 8.63. The summed E-state index contributed by atoms with van der Waals surface area (Å²) in [5, 5.41) is 2.94. The number of furan rings is 1. The van der Waals surface area contributed by atoms with Crippen LogP contribution in [-0.4, -0.2) is 6.54 Å². The van der Waals surface area contributed by atoms with Crippen molar-refractivity contribution < 1.29 is 17.6 Å². The van der Waals surface area contributed by atoms with Crippen LogP contribution < -0.4 is 5.32 Å². The van der Waals surface area contributed by atoms with E-state index in [-0.39, 0.29) is 5.56 Å². The molecule has 0 radical (unpaired) electrons. The van der Waals surface area contributed by atoms with Gasteiger partial charge in [0.05, 0.1) is 18.6 Å². The molecular formula is C13H12F3NO. The van der Waals surface area contributed by atoms with E-state index in [1.165, 1.54) is 12.5 Å². The zero-order valence-electron chi connectivity index (χ0n) is 9.71. The lowest BCUT2D eigenvalue weighted by molar-refractivity contribution is 0.488. The van der Waals surface area contributed by atoms with Gasteiger partial charge in [0.2, 0.25) is 0 Å². The van der Waals surface area contributed by atoms with Gasteiger partial charge in [0.25, 0.3) is 0 Å². The molecule has 0 spiro atoms. The second kappa shape index (κ2) is 5.27. The summed E-state index contributed by atoms with van der Waals surface area (Å²) >= 11 is 0. The van der Waals surface area contributed by atoms with E-state index in [9.17, 15) is 13.2 Å². The molecule has 0 aliphatic rings. The number of hydrogen-bond acceptors (Lipinski definition) is 2. The van der Waals surface area contributed by atoms with Crippen molar-refractivity contribution in [1.29, 1.82) is 0 Å². The quantitative estimate of drug-likeness (QED) is 0.905. The fourth-order valence-corrected chi connectivity index (χ4v) is 1.86. The van der Waals surface area contributed by atoms with Crippen molar-refractivity contribution in [2.75, 3.05) is 6.54 Å². The van der Waals surface area contributed by atoms with E-state index in [2.05, 4.69) is 5.32 Å². The molecule has 0 amide bonds. The molecule has 2 aromatic rings. The van der Waals surface area contributed by atoms with Crippen LogP contribution in [0.15, 0.2) is 35.1 Å². The Morgan fingerprint density at radius 2 is 1.89 bits per heavy atom. The number of halogens is 3. The number of benzene rings is 1. The minimum atomic E-state index is -0.934. The molecule has 5 heteroatoms. The van der Waals surface area contributed by atoms with Gasteiger partial charge in [-0.2, -0.15) is 0 Å². The summed E-state index contributed by atoms with van der Waals surface area (Å²) in [7, 11) is 0. The number of rotatable bonds is 4. The first-order valence-corrected chi connectivity index (χ1v) is 5.53. The van der Waals surface area contributed by atoms with Gasteiger partial charge in [-0.3, -0.25) is 0 Å². The fraction of sp³-hybridized carbons (Fsp3) is 0.231. The van der Waals surface area contributed by atoms with Crippen molar-refractivity contribution in [3.05, 3.63) is 59.3 Å². The molecule has 1 heterocycles. The third kappa shape index (κ3) is 2.41. The standard InChI is InChI=1S/C13H12F3NO/c1-2-17-13(8-3-4-18-7-8)12-10(15)5-9(14)6-11(12)16/h3-7,13,17H,2H2,1H3. The third-order valence-corrected chi connectivity index (χ3v) is 2.62. The van der Waals surface area contributed by atoms with Crippen molar-refractivity contribution in [3.63, 3.8) is 0 Å². The highest BCUT2D eigenvalue weighted by Gasteiger charge is 2.23. The zero-order valence-corrected chi connectivity index (χ0v) is 9.71. The monoisotopic (exact) mass is 255 g/mol. The van der Waals surface area contributed by atoms with Gasteiger partial charge < -0.3 is 9.73 Å². The molecule has 2 nitrogen and oxygen atoms in total. The topological polar surface area (TPSA) is 25.2 Å². The number of nitrogens with one attached hydrogen (secondary N) is 1. The van der Waals surface area contributed by atoms with Crippen LogP contribution in [0, 0.1) is 17.5 Å². The van der Waals surface area contributed by atoms with E-state index in [0.717, 1.165) is 0 Å². The third-order valence-electron chi connectivity index (χ3n) is 2.62. The Morgan fingerprint density at radius 3 is 2.39 bits per heavy atom. The van der Waals surface area contributed by atoms with Crippen LogP contribution in [0.25, 0.3) is 0 Å². The van der Waals surface area contributed by atoms with E-state index in [1.807, 2.05) is 6.92 Å². The van der Waals surface area contributed by atoms with Crippen LogP contribution in [0.1, 0.15) is 24.1 Å². The lowest BCUT2D eigenvalue weighted by Gasteiger charge is -2.18. The van der Waals surface area contributed by atoms with Gasteiger partial charge in [-0.1, -0.05) is 6.92 Å². The summed E-state index contributed by atoms with van der Waals surface area (Å²) in [5.74, 6) is -2.77. The fourth-order valence-electron chi connectivity index (χ4n) is 1.86. The average Bonchev–Trinajstić information content (AvgIpc) is 2.79. The predicted octanol–water partition coefficient (Wildman–Crippen LogP) is 3.40. The Balaban J connectivity index is 2.49. The van der Waals surface area contributed by atoms with E-state index in [4.69, 9.17) is 4.42 Å². The second-order valence-electron chi connectivity index (χ2n) is 3.83. The average molecular weight is 255 g/mol. The summed E-state index contributed by atoms with van der Waals surface area (Å²) in [5.41, 5.74) is 0.376. The van der Waals surface area contributed by atoms with Crippen LogP contribution in [0.5, 0.6) is 0 Å². The molecule has 0 fully saturated rings. The molecule has 96 valence electrons. The summed E-state index contributed by atoms with van der Waals surface area (Å²) < 4.78 is 45.2. The minimum Gasteiger partial charge on any atom is -0.472 e. The van der Waals surface area contributed by atoms with Crippen LogP contribution >= 0.6 is 0 Å².